The first-order valence-corrected chi connectivity index (χ1v) is 3.69. The maximum Gasteiger partial charge on any atom is 0.340 e. The summed E-state index contributed by atoms with van der Waals surface area (Å²) in [5, 5.41) is 0. The van der Waals surface area contributed by atoms with Crippen LogP contribution in [0.1, 0.15) is 15.9 Å². The van der Waals surface area contributed by atoms with Gasteiger partial charge in [-0.3, -0.25) is 0 Å². The van der Waals surface area contributed by atoms with Crippen molar-refractivity contribution in [3.8, 4) is 0 Å². The van der Waals surface area contributed by atoms with Crippen molar-refractivity contribution in [3.05, 3.63) is 41.7 Å². The second-order valence-corrected chi connectivity index (χ2v) is 2.43. The SMILES string of the molecule is C=Cc1ccc(C(=O)OC)c(F)c1. The summed E-state index contributed by atoms with van der Waals surface area (Å²) in [6, 6.07) is 4.21. The highest BCUT2D eigenvalue weighted by Gasteiger charge is 2.10. The molecule has 0 amide bonds. The number of methoxy groups -OCH3 is 1. The van der Waals surface area contributed by atoms with Crippen LogP contribution in [0.3, 0.4) is 0 Å². The number of benzene rings is 1. The molecule has 0 bridgehead atoms. The molecule has 0 N–H and O–H groups in total. The first-order chi connectivity index (χ1) is 6.19. The lowest BCUT2D eigenvalue weighted by atomic mass is 10.1. The van der Waals surface area contributed by atoms with Gasteiger partial charge >= 0.3 is 5.97 Å². The molecule has 2 nitrogen and oxygen atoms in total. The Morgan fingerprint density at radius 1 is 1.62 bits per heavy atom. The predicted octanol–water partition coefficient (Wildman–Crippen LogP) is 2.26. The van der Waals surface area contributed by atoms with Crippen LogP contribution in [-0.4, -0.2) is 13.1 Å². The van der Waals surface area contributed by atoms with E-state index in [1.165, 1.54) is 25.3 Å². The highest BCUT2D eigenvalue weighted by Crippen LogP contribution is 2.12. The fourth-order valence-electron chi connectivity index (χ4n) is 0.934. The molecule has 0 aliphatic heterocycles. The van der Waals surface area contributed by atoms with Crippen molar-refractivity contribution in [3.63, 3.8) is 0 Å². The first kappa shape index (κ1) is 9.45. The van der Waals surface area contributed by atoms with E-state index in [-0.39, 0.29) is 5.56 Å². The zero-order chi connectivity index (χ0) is 9.84. The van der Waals surface area contributed by atoms with Gasteiger partial charge in [0.1, 0.15) is 5.82 Å². The van der Waals surface area contributed by atoms with Gasteiger partial charge in [0.15, 0.2) is 0 Å². The van der Waals surface area contributed by atoms with Crippen LogP contribution in [0.4, 0.5) is 4.39 Å². The number of ether oxygens (including phenoxy) is 1. The molecule has 0 atom stereocenters. The molecule has 0 heterocycles. The average molecular weight is 180 g/mol. The van der Waals surface area contributed by atoms with Gasteiger partial charge in [-0.15, -0.1) is 0 Å². The van der Waals surface area contributed by atoms with Crippen molar-refractivity contribution in [1.29, 1.82) is 0 Å². The first-order valence-electron chi connectivity index (χ1n) is 3.69. The number of carbonyl (C=O) groups is 1. The summed E-state index contributed by atoms with van der Waals surface area (Å²) in [4.78, 5) is 10.9. The van der Waals surface area contributed by atoms with Crippen LogP contribution in [0.5, 0.6) is 0 Å². The minimum Gasteiger partial charge on any atom is -0.465 e. The third-order valence-electron chi connectivity index (χ3n) is 1.63. The molecule has 1 aromatic rings. The highest BCUT2D eigenvalue weighted by atomic mass is 19.1. The van der Waals surface area contributed by atoms with Crippen LogP contribution in [0.15, 0.2) is 24.8 Å². The van der Waals surface area contributed by atoms with E-state index in [9.17, 15) is 9.18 Å². The van der Waals surface area contributed by atoms with E-state index in [0.29, 0.717) is 5.56 Å². The molecule has 1 aromatic carbocycles. The van der Waals surface area contributed by atoms with Gasteiger partial charge in [0.05, 0.1) is 12.7 Å². The Hall–Kier alpha value is -1.64. The molecular formula is C10H9FO2. The summed E-state index contributed by atoms with van der Waals surface area (Å²) >= 11 is 0. The largest absolute Gasteiger partial charge is 0.465 e. The van der Waals surface area contributed by atoms with Crippen LogP contribution < -0.4 is 0 Å². The van der Waals surface area contributed by atoms with Crippen LogP contribution in [-0.2, 0) is 4.74 Å². The molecule has 0 fully saturated rings. The molecule has 13 heavy (non-hydrogen) atoms. The summed E-state index contributed by atoms with van der Waals surface area (Å²) in [5.74, 6) is -1.27. The molecule has 0 aliphatic rings. The molecule has 0 saturated carbocycles. The zero-order valence-electron chi connectivity index (χ0n) is 7.21. The van der Waals surface area contributed by atoms with Gasteiger partial charge in [-0.1, -0.05) is 18.7 Å². The molecule has 0 unspecified atom stereocenters. The quantitative estimate of drug-likeness (QED) is 0.652. The fourth-order valence-corrected chi connectivity index (χ4v) is 0.934. The van der Waals surface area contributed by atoms with E-state index in [2.05, 4.69) is 11.3 Å². The second-order valence-electron chi connectivity index (χ2n) is 2.43. The Morgan fingerprint density at radius 2 is 2.31 bits per heavy atom. The minimum atomic E-state index is -0.673. The van der Waals surface area contributed by atoms with Crippen molar-refractivity contribution in [2.75, 3.05) is 7.11 Å². The number of rotatable bonds is 2. The minimum absolute atomic E-state index is 0.0619. The summed E-state index contributed by atoms with van der Waals surface area (Å²) in [5.41, 5.74) is 0.568. The second kappa shape index (κ2) is 3.85. The van der Waals surface area contributed by atoms with Gasteiger partial charge in [0.2, 0.25) is 0 Å². The molecule has 0 saturated heterocycles. The topological polar surface area (TPSA) is 26.3 Å². The summed E-state index contributed by atoms with van der Waals surface area (Å²) in [6.45, 7) is 3.48. The average Bonchev–Trinajstić information content (AvgIpc) is 2.16. The smallest absolute Gasteiger partial charge is 0.340 e. The molecule has 68 valence electrons. The third-order valence-corrected chi connectivity index (χ3v) is 1.63. The van der Waals surface area contributed by atoms with Crippen LogP contribution in [0, 0.1) is 5.82 Å². The number of esters is 1. The lowest BCUT2D eigenvalue weighted by Crippen LogP contribution is -2.04. The fraction of sp³-hybridized carbons (Fsp3) is 0.100. The van der Waals surface area contributed by atoms with Crippen molar-refractivity contribution in [1.82, 2.24) is 0 Å². The van der Waals surface area contributed by atoms with E-state index in [1.807, 2.05) is 0 Å². The van der Waals surface area contributed by atoms with Gasteiger partial charge in [0.25, 0.3) is 0 Å². The Labute approximate surface area is 75.6 Å². The third kappa shape index (κ3) is 1.93. The van der Waals surface area contributed by atoms with Crippen molar-refractivity contribution >= 4 is 12.0 Å². The highest BCUT2D eigenvalue weighted by molar-refractivity contribution is 5.89. The Bertz CT molecular complexity index is 345. The van der Waals surface area contributed by atoms with E-state index >= 15 is 0 Å². The molecule has 0 spiro atoms. The van der Waals surface area contributed by atoms with Crippen molar-refractivity contribution < 1.29 is 13.9 Å². The Morgan fingerprint density at radius 3 is 2.77 bits per heavy atom. The number of carbonyl (C=O) groups excluding carboxylic acids is 1. The van der Waals surface area contributed by atoms with Crippen LogP contribution in [0.2, 0.25) is 0 Å². The molecular weight excluding hydrogens is 171 g/mol. The summed E-state index contributed by atoms with van der Waals surface area (Å²) in [6.07, 6.45) is 1.50. The van der Waals surface area contributed by atoms with Gasteiger partial charge in [0, 0.05) is 0 Å². The monoisotopic (exact) mass is 180 g/mol. The predicted molar refractivity (Wildman–Crippen MR) is 47.8 cm³/mol. The summed E-state index contributed by atoms with van der Waals surface area (Å²) < 4.78 is 17.5. The van der Waals surface area contributed by atoms with E-state index in [0.717, 1.165) is 0 Å². The normalized spacial score (nSPS) is 9.38. The Balaban J connectivity index is 3.12. The molecule has 0 radical (unpaired) electrons. The number of hydrogen-bond donors (Lipinski definition) is 0. The summed E-state index contributed by atoms with van der Waals surface area (Å²) in [7, 11) is 1.21. The lowest BCUT2D eigenvalue weighted by Gasteiger charge is -2.01. The maximum atomic E-state index is 13.1. The van der Waals surface area contributed by atoms with Crippen LogP contribution >= 0.6 is 0 Å². The zero-order valence-corrected chi connectivity index (χ0v) is 7.21. The van der Waals surface area contributed by atoms with E-state index in [4.69, 9.17) is 0 Å². The van der Waals surface area contributed by atoms with Crippen molar-refractivity contribution in [2.24, 2.45) is 0 Å². The molecule has 0 aliphatic carbocycles. The number of halogens is 1. The standard InChI is InChI=1S/C10H9FO2/c1-3-7-4-5-8(9(11)6-7)10(12)13-2/h3-6H,1H2,2H3. The Kier molecular flexibility index (Phi) is 2.80. The lowest BCUT2D eigenvalue weighted by molar-refractivity contribution is 0.0595. The van der Waals surface area contributed by atoms with Gasteiger partial charge in [-0.25, -0.2) is 9.18 Å². The molecule has 0 aromatic heterocycles. The van der Waals surface area contributed by atoms with Gasteiger partial charge in [-0.05, 0) is 17.7 Å². The van der Waals surface area contributed by atoms with E-state index in [1.54, 1.807) is 6.07 Å². The van der Waals surface area contributed by atoms with E-state index < -0.39 is 11.8 Å². The molecule has 3 heteroatoms. The van der Waals surface area contributed by atoms with Crippen molar-refractivity contribution in [2.45, 2.75) is 0 Å². The number of hydrogen-bond acceptors (Lipinski definition) is 2. The molecule has 1 rings (SSSR count). The van der Waals surface area contributed by atoms with Gasteiger partial charge < -0.3 is 4.74 Å². The van der Waals surface area contributed by atoms with Gasteiger partial charge in [-0.2, -0.15) is 0 Å². The van der Waals surface area contributed by atoms with Crippen LogP contribution in [0.25, 0.3) is 6.08 Å². The maximum absolute atomic E-state index is 13.1.